The van der Waals surface area contributed by atoms with Gasteiger partial charge in [0, 0.05) is 37.8 Å². The largest absolute Gasteiger partial charge is 0.366 e. The number of nitrogens with one attached hydrogen (secondary N) is 2. The van der Waals surface area contributed by atoms with E-state index in [4.69, 9.17) is 5.73 Å². The van der Waals surface area contributed by atoms with E-state index in [0.29, 0.717) is 29.1 Å². The van der Waals surface area contributed by atoms with E-state index < -0.39 is 5.91 Å². The summed E-state index contributed by atoms with van der Waals surface area (Å²) in [6.45, 7) is 2.35. The highest BCUT2D eigenvalue weighted by Crippen LogP contribution is 2.19. The molecule has 2 aromatic carbocycles. The maximum atomic E-state index is 13.0. The number of carbonyl (C=O) groups is 2. The van der Waals surface area contributed by atoms with Crippen molar-refractivity contribution in [3.63, 3.8) is 0 Å². The maximum absolute atomic E-state index is 13.0. The minimum Gasteiger partial charge on any atom is -0.366 e. The van der Waals surface area contributed by atoms with E-state index in [1.54, 1.807) is 37.4 Å². The lowest BCUT2D eigenvalue weighted by Crippen LogP contribution is -2.35. The lowest BCUT2D eigenvalue weighted by Gasteiger charge is -2.16. The third-order valence-electron chi connectivity index (χ3n) is 5.23. The molecule has 1 heterocycles. The van der Waals surface area contributed by atoms with E-state index in [9.17, 15) is 14.0 Å². The first-order chi connectivity index (χ1) is 16.3. The number of aryl methyl sites for hydroxylation is 1. The summed E-state index contributed by atoms with van der Waals surface area (Å²) in [7, 11) is 3.70. The van der Waals surface area contributed by atoms with E-state index in [1.807, 2.05) is 7.05 Å². The highest BCUT2D eigenvalue weighted by Gasteiger charge is 2.12. The predicted octanol–water partition coefficient (Wildman–Crippen LogP) is 1.83. The monoisotopic (exact) mass is 468 g/mol. The number of nitrogens with two attached hydrogens (primary N) is 1. The standard InChI is InChI=1S/C23H29FN8O2/c1-31(15-16-5-7-20(24)8-6-16)10-4-3-9-26-23(34)27-14-17-11-18(21(25)33)13-19(12-17)22-28-29-30-32(22)2/h5-8,11-13H,3-4,9-10,14-15H2,1-2H3,(H2,25,33)(H2,26,27,34). The van der Waals surface area contributed by atoms with Crippen LogP contribution in [0.5, 0.6) is 0 Å². The number of carbonyl (C=O) groups excluding carboxylic acids is 2. The van der Waals surface area contributed by atoms with Gasteiger partial charge in [-0.1, -0.05) is 12.1 Å². The van der Waals surface area contributed by atoms with Crippen molar-refractivity contribution in [2.24, 2.45) is 12.8 Å². The molecule has 1 aromatic heterocycles. The van der Waals surface area contributed by atoms with Crippen molar-refractivity contribution in [1.29, 1.82) is 0 Å². The fourth-order valence-corrected chi connectivity index (χ4v) is 3.47. The Morgan fingerprint density at radius 2 is 1.85 bits per heavy atom. The summed E-state index contributed by atoms with van der Waals surface area (Å²) in [4.78, 5) is 26.0. The number of rotatable bonds is 11. The van der Waals surface area contributed by atoms with E-state index in [0.717, 1.165) is 31.5 Å². The molecule has 3 rings (SSSR count). The van der Waals surface area contributed by atoms with Crippen LogP contribution >= 0.6 is 0 Å². The number of amides is 3. The van der Waals surface area contributed by atoms with E-state index in [-0.39, 0.29) is 18.4 Å². The van der Waals surface area contributed by atoms with Crippen molar-refractivity contribution in [1.82, 2.24) is 35.7 Å². The minimum absolute atomic E-state index is 0.214. The van der Waals surface area contributed by atoms with Crippen LogP contribution in [0.3, 0.4) is 0 Å². The number of benzene rings is 2. The lowest BCUT2D eigenvalue weighted by molar-refractivity contribution is 0.1000. The topological polar surface area (TPSA) is 131 Å². The number of halogens is 1. The number of hydrogen-bond donors (Lipinski definition) is 3. The molecule has 10 nitrogen and oxygen atoms in total. The van der Waals surface area contributed by atoms with Crippen LogP contribution in [-0.2, 0) is 20.1 Å². The fraction of sp³-hybridized carbons (Fsp3) is 0.348. The van der Waals surface area contributed by atoms with Gasteiger partial charge in [0.2, 0.25) is 5.91 Å². The maximum Gasteiger partial charge on any atom is 0.315 e. The summed E-state index contributed by atoms with van der Waals surface area (Å²) in [5.74, 6) is -0.329. The third-order valence-corrected chi connectivity index (χ3v) is 5.23. The van der Waals surface area contributed by atoms with Crippen LogP contribution in [0.15, 0.2) is 42.5 Å². The summed E-state index contributed by atoms with van der Waals surface area (Å²) in [5.41, 5.74) is 8.14. The van der Waals surface area contributed by atoms with Gasteiger partial charge in [-0.25, -0.2) is 13.9 Å². The molecule has 3 aromatic rings. The fourth-order valence-electron chi connectivity index (χ4n) is 3.47. The van der Waals surface area contributed by atoms with Crippen LogP contribution in [0.2, 0.25) is 0 Å². The van der Waals surface area contributed by atoms with Gasteiger partial charge in [-0.2, -0.15) is 0 Å². The Morgan fingerprint density at radius 1 is 1.09 bits per heavy atom. The van der Waals surface area contributed by atoms with Crippen molar-refractivity contribution >= 4 is 11.9 Å². The molecule has 11 heteroatoms. The van der Waals surface area contributed by atoms with Gasteiger partial charge in [-0.05, 0) is 78.3 Å². The van der Waals surface area contributed by atoms with Crippen molar-refractivity contribution in [2.45, 2.75) is 25.9 Å². The molecule has 34 heavy (non-hydrogen) atoms. The number of unbranched alkanes of at least 4 members (excludes halogenated alkanes) is 1. The van der Waals surface area contributed by atoms with Crippen LogP contribution < -0.4 is 16.4 Å². The second-order valence-corrected chi connectivity index (χ2v) is 8.09. The average molecular weight is 469 g/mol. The second kappa shape index (κ2) is 11.8. The van der Waals surface area contributed by atoms with Crippen LogP contribution in [0.25, 0.3) is 11.4 Å². The van der Waals surface area contributed by atoms with E-state index in [1.165, 1.54) is 16.8 Å². The number of tetrazole rings is 1. The zero-order valence-electron chi connectivity index (χ0n) is 19.3. The van der Waals surface area contributed by atoms with E-state index in [2.05, 4.69) is 31.1 Å². The second-order valence-electron chi connectivity index (χ2n) is 8.09. The highest BCUT2D eigenvalue weighted by molar-refractivity contribution is 5.94. The first-order valence-corrected chi connectivity index (χ1v) is 10.9. The minimum atomic E-state index is -0.577. The van der Waals surface area contributed by atoms with Gasteiger partial charge in [0.25, 0.3) is 0 Å². The van der Waals surface area contributed by atoms with Gasteiger partial charge >= 0.3 is 6.03 Å². The van der Waals surface area contributed by atoms with Crippen molar-refractivity contribution in [2.75, 3.05) is 20.1 Å². The predicted molar refractivity (Wildman–Crippen MR) is 125 cm³/mol. The summed E-state index contributed by atoms with van der Waals surface area (Å²) < 4.78 is 14.5. The van der Waals surface area contributed by atoms with Gasteiger partial charge in [0.15, 0.2) is 5.82 Å². The zero-order valence-corrected chi connectivity index (χ0v) is 19.3. The summed E-state index contributed by atoms with van der Waals surface area (Å²) >= 11 is 0. The first kappa shape index (κ1) is 24.8. The van der Waals surface area contributed by atoms with Gasteiger partial charge < -0.3 is 21.3 Å². The molecular formula is C23H29FN8O2. The van der Waals surface area contributed by atoms with Gasteiger partial charge in [-0.3, -0.25) is 4.79 Å². The molecule has 0 saturated carbocycles. The zero-order chi connectivity index (χ0) is 24.5. The normalized spacial score (nSPS) is 10.9. The Labute approximate surface area is 197 Å². The Bertz CT molecular complexity index is 1120. The molecule has 4 N–H and O–H groups in total. The van der Waals surface area contributed by atoms with Crippen LogP contribution in [0, 0.1) is 5.82 Å². The average Bonchev–Trinajstić information content (AvgIpc) is 3.24. The molecule has 0 saturated heterocycles. The van der Waals surface area contributed by atoms with Crippen molar-refractivity contribution < 1.29 is 14.0 Å². The molecule has 0 radical (unpaired) electrons. The molecule has 0 bridgehead atoms. The first-order valence-electron chi connectivity index (χ1n) is 10.9. The van der Waals surface area contributed by atoms with Crippen LogP contribution in [0.4, 0.5) is 9.18 Å². The molecule has 180 valence electrons. The Morgan fingerprint density at radius 3 is 2.53 bits per heavy atom. The van der Waals surface area contributed by atoms with Gasteiger partial charge in [0.05, 0.1) is 0 Å². The van der Waals surface area contributed by atoms with Crippen LogP contribution in [-0.4, -0.2) is 57.2 Å². The molecule has 0 atom stereocenters. The van der Waals surface area contributed by atoms with Crippen molar-refractivity contribution in [3.8, 4) is 11.4 Å². The van der Waals surface area contributed by atoms with Gasteiger partial charge in [0.1, 0.15) is 5.82 Å². The summed E-state index contributed by atoms with van der Waals surface area (Å²) in [6, 6.07) is 11.2. The number of aromatic nitrogens is 4. The molecule has 0 aliphatic heterocycles. The van der Waals surface area contributed by atoms with Crippen LogP contribution in [0.1, 0.15) is 34.3 Å². The molecule has 0 unspecified atom stereocenters. The molecule has 0 spiro atoms. The number of primary amides is 1. The van der Waals surface area contributed by atoms with Crippen molar-refractivity contribution in [3.05, 3.63) is 65.0 Å². The quantitative estimate of drug-likeness (QED) is 0.368. The molecule has 0 fully saturated rings. The highest BCUT2D eigenvalue weighted by atomic mass is 19.1. The number of hydrogen-bond acceptors (Lipinski definition) is 6. The molecule has 3 amide bonds. The Balaban J connectivity index is 1.41. The Hall–Kier alpha value is -3.86. The molecular weight excluding hydrogens is 439 g/mol. The molecule has 0 aliphatic rings. The number of urea groups is 1. The SMILES string of the molecule is CN(CCCCNC(=O)NCc1cc(C(N)=O)cc(-c2nnnn2C)c1)Cc1ccc(F)cc1. The van der Waals surface area contributed by atoms with Gasteiger partial charge in [-0.15, -0.1) is 5.10 Å². The third kappa shape index (κ3) is 7.34. The number of nitrogens with zero attached hydrogens (tertiary/aromatic N) is 5. The Kier molecular flexibility index (Phi) is 8.63. The van der Waals surface area contributed by atoms with E-state index >= 15 is 0 Å². The molecule has 0 aliphatic carbocycles. The smallest absolute Gasteiger partial charge is 0.315 e. The summed E-state index contributed by atoms with van der Waals surface area (Å²) in [5, 5.41) is 17.0. The summed E-state index contributed by atoms with van der Waals surface area (Å²) in [6.07, 6.45) is 1.73. The lowest BCUT2D eigenvalue weighted by atomic mass is 10.0.